The number of halogens is 2. The number of nitrogens with zero attached hydrogens (tertiary/aromatic N) is 1. The molecule has 0 radical (unpaired) electrons. The molecule has 2 heterocycles. The van der Waals surface area contributed by atoms with Crippen LogP contribution in [0.1, 0.15) is 33.1 Å². The highest BCUT2D eigenvalue weighted by Crippen LogP contribution is 2.43. The number of hydrogen-bond acceptors (Lipinski definition) is 2. The lowest BCUT2D eigenvalue weighted by Crippen LogP contribution is -2.34. The first-order valence-corrected chi connectivity index (χ1v) is 8.88. The normalized spacial score (nSPS) is 24.3. The Morgan fingerprint density at radius 3 is 2.54 bits per heavy atom. The van der Waals surface area contributed by atoms with E-state index >= 15 is 0 Å². The van der Waals surface area contributed by atoms with Gasteiger partial charge in [0.2, 0.25) is 0 Å². The van der Waals surface area contributed by atoms with Crippen LogP contribution in [0, 0.1) is 31.5 Å². The van der Waals surface area contributed by atoms with Crippen LogP contribution < -0.4 is 5.32 Å². The zero-order valence-electron chi connectivity index (χ0n) is 15.0. The standard InChI is InChI=1S/C21H23FN2O.ClH/c1-13-6-14(2)8-16(7-13)21(25)24-12-17-10-23-11-19(17)20(24)15-4-3-5-18(22)9-15;/h3-9,17,19-20,23H,10-12H2,1-2H3;1H/t17-,19-,20-;/m0./s1. The van der Waals surface area contributed by atoms with E-state index in [-0.39, 0.29) is 30.2 Å². The van der Waals surface area contributed by atoms with E-state index in [9.17, 15) is 9.18 Å². The Bertz CT molecular complexity index is 805. The molecule has 0 unspecified atom stereocenters. The Morgan fingerprint density at radius 2 is 1.85 bits per heavy atom. The van der Waals surface area contributed by atoms with Crippen LogP contribution in [-0.2, 0) is 0 Å². The van der Waals surface area contributed by atoms with E-state index < -0.39 is 0 Å². The molecule has 3 atom stereocenters. The van der Waals surface area contributed by atoms with Crippen molar-refractivity contribution in [2.24, 2.45) is 11.8 Å². The Hall–Kier alpha value is -1.91. The average Bonchev–Trinajstić information content (AvgIpc) is 3.13. The molecule has 2 aliphatic heterocycles. The van der Waals surface area contributed by atoms with E-state index in [2.05, 4.69) is 11.4 Å². The summed E-state index contributed by atoms with van der Waals surface area (Å²) in [6, 6.07) is 12.6. The number of carbonyl (C=O) groups is 1. The first-order chi connectivity index (χ1) is 12.0. The number of benzene rings is 2. The third-order valence-electron chi connectivity index (χ3n) is 5.48. The Labute approximate surface area is 160 Å². The number of nitrogens with one attached hydrogen (secondary N) is 1. The molecule has 0 aliphatic carbocycles. The van der Waals surface area contributed by atoms with Gasteiger partial charge in [0, 0.05) is 31.1 Å². The first-order valence-electron chi connectivity index (χ1n) is 8.88. The lowest BCUT2D eigenvalue weighted by Gasteiger charge is -2.29. The second kappa shape index (κ2) is 7.37. The zero-order valence-corrected chi connectivity index (χ0v) is 15.9. The summed E-state index contributed by atoms with van der Waals surface area (Å²) >= 11 is 0. The predicted octanol–water partition coefficient (Wildman–Crippen LogP) is 3.90. The van der Waals surface area contributed by atoms with Crippen molar-refractivity contribution in [1.29, 1.82) is 0 Å². The largest absolute Gasteiger partial charge is 0.331 e. The second-order valence-electron chi connectivity index (χ2n) is 7.42. The summed E-state index contributed by atoms with van der Waals surface area (Å²) in [6.07, 6.45) is 0. The van der Waals surface area contributed by atoms with Gasteiger partial charge in [-0.2, -0.15) is 0 Å². The van der Waals surface area contributed by atoms with Crippen LogP contribution in [0.2, 0.25) is 0 Å². The van der Waals surface area contributed by atoms with Gasteiger partial charge in [-0.1, -0.05) is 29.3 Å². The van der Waals surface area contributed by atoms with Crippen molar-refractivity contribution >= 4 is 18.3 Å². The molecule has 2 aromatic carbocycles. The minimum Gasteiger partial charge on any atom is -0.331 e. The van der Waals surface area contributed by atoms with Crippen LogP contribution in [-0.4, -0.2) is 30.4 Å². The summed E-state index contributed by atoms with van der Waals surface area (Å²) in [6.45, 7) is 6.55. The maximum Gasteiger partial charge on any atom is 0.254 e. The molecule has 2 saturated heterocycles. The van der Waals surface area contributed by atoms with Gasteiger partial charge in [0.15, 0.2) is 0 Å². The Kier molecular flexibility index (Phi) is 5.35. The number of aryl methyl sites for hydroxylation is 2. The SMILES string of the molecule is Cc1cc(C)cc(C(=O)N2C[C@@H]3CNC[C@@H]3[C@@H]2c2cccc(F)c2)c1.Cl. The summed E-state index contributed by atoms with van der Waals surface area (Å²) in [5.74, 6) is 0.584. The number of carbonyl (C=O) groups excluding carboxylic acids is 1. The summed E-state index contributed by atoms with van der Waals surface area (Å²) in [5.41, 5.74) is 3.80. The third-order valence-corrected chi connectivity index (χ3v) is 5.48. The van der Waals surface area contributed by atoms with Crippen LogP contribution >= 0.6 is 12.4 Å². The van der Waals surface area contributed by atoms with E-state index in [1.807, 2.05) is 36.9 Å². The summed E-state index contributed by atoms with van der Waals surface area (Å²) < 4.78 is 13.8. The topological polar surface area (TPSA) is 32.3 Å². The highest BCUT2D eigenvalue weighted by Gasteiger charge is 2.46. The van der Waals surface area contributed by atoms with Crippen LogP contribution in [0.4, 0.5) is 4.39 Å². The molecule has 1 N–H and O–H groups in total. The average molecular weight is 375 g/mol. The fraction of sp³-hybridized carbons (Fsp3) is 0.381. The summed E-state index contributed by atoms with van der Waals surface area (Å²) in [7, 11) is 0. The fourth-order valence-corrected chi connectivity index (χ4v) is 4.51. The molecule has 4 rings (SSSR count). The number of rotatable bonds is 2. The zero-order chi connectivity index (χ0) is 17.6. The molecule has 0 saturated carbocycles. The number of amides is 1. The van der Waals surface area contributed by atoms with E-state index in [1.54, 1.807) is 12.1 Å². The van der Waals surface area contributed by atoms with Gasteiger partial charge in [0.05, 0.1) is 6.04 Å². The van der Waals surface area contributed by atoms with E-state index in [0.29, 0.717) is 11.8 Å². The molecule has 2 aromatic rings. The van der Waals surface area contributed by atoms with Crippen molar-refractivity contribution in [1.82, 2.24) is 10.2 Å². The molecule has 26 heavy (non-hydrogen) atoms. The fourth-order valence-electron chi connectivity index (χ4n) is 4.51. The van der Waals surface area contributed by atoms with Crippen LogP contribution in [0.25, 0.3) is 0 Å². The molecular weight excluding hydrogens is 351 g/mol. The van der Waals surface area contributed by atoms with Gasteiger partial charge in [-0.15, -0.1) is 12.4 Å². The van der Waals surface area contributed by atoms with Crippen molar-refractivity contribution in [2.75, 3.05) is 19.6 Å². The molecule has 2 aliphatic rings. The summed E-state index contributed by atoms with van der Waals surface area (Å²) in [5, 5.41) is 3.42. The Morgan fingerprint density at radius 1 is 1.12 bits per heavy atom. The lowest BCUT2D eigenvalue weighted by atomic mass is 9.89. The molecular formula is C21H24ClFN2O. The van der Waals surface area contributed by atoms with Gasteiger partial charge < -0.3 is 10.2 Å². The van der Waals surface area contributed by atoms with E-state index in [1.165, 1.54) is 6.07 Å². The molecule has 5 heteroatoms. The highest BCUT2D eigenvalue weighted by atomic mass is 35.5. The lowest BCUT2D eigenvalue weighted by molar-refractivity contribution is 0.0713. The first kappa shape index (κ1) is 18.9. The number of likely N-dealkylation sites (tertiary alicyclic amines) is 1. The molecule has 0 spiro atoms. The van der Waals surface area contributed by atoms with Gasteiger partial charge in [-0.05, 0) is 49.6 Å². The monoisotopic (exact) mass is 374 g/mol. The van der Waals surface area contributed by atoms with Crippen LogP contribution in [0.15, 0.2) is 42.5 Å². The van der Waals surface area contributed by atoms with Crippen molar-refractivity contribution in [3.05, 3.63) is 70.5 Å². The van der Waals surface area contributed by atoms with E-state index in [0.717, 1.165) is 41.9 Å². The Balaban J connectivity index is 0.00000196. The van der Waals surface area contributed by atoms with Gasteiger partial charge in [0.25, 0.3) is 5.91 Å². The van der Waals surface area contributed by atoms with Crippen molar-refractivity contribution in [2.45, 2.75) is 19.9 Å². The van der Waals surface area contributed by atoms with Crippen LogP contribution in [0.3, 0.4) is 0 Å². The minimum absolute atomic E-state index is 0. The molecule has 138 valence electrons. The van der Waals surface area contributed by atoms with Gasteiger partial charge >= 0.3 is 0 Å². The third kappa shape index (κ3) is 3.36. The maximum atomic E-state index is 13.8. The predicted molar refractivity (Wildman–Crippen MR) is 103 cm³/mol. The highest BCUT2D eigenvalue weighted by molar-refractivity contribution is 5.95. The molecule has 1 amide bonds. The maximum absolute atomic E-state index is 13.8. The quantitative estimate of drug-likeness (QED) is 0.864. The minimum atomic E-state index is -0.245. The molecule has 2 fully saturated rings. The van der Waals surface area contributed by atoms with Crippen molar-refractivity contribution < 1.29 is 9.18 Å². The van der Waals surface area contributed by atoms with E-state index in [4.69, 9.17) is 0 Å². The smallest absolute Gasteiger partial charge is 0.254 e. The second-order valence-corrected chi connectivity index (χ2v) is 7.42. The number of fused-ring (bicyclic) bond motifs is 1. The summed E-state index contributed by atoms with van der Waals surface area (Å²) in [4.78, 5) is 15.2. The van der Waals surface area contributed by atoms with Gasteiger partial charge in [0.1, 0.15) is 5.82 Å². The molecule has 3 nitrogen and oxygen atoms in total. The van der Waals surface area contributed by atoms with Crippen molar-refractivity contribution in [3.8, 4) is 0 Å². The van der Waals surface area contributed by atoms with Gasteiger partial charge in [-0.3, -0.25) is 4.79 Å². The number of hydrogen-bond donors (Lipinski definition) is 1. The molecule has 0 aromatic heterocycles. The molecule has 0 bridgehead atoms. The van der Waals surface area contributed by atoms with Crippen LogP contribution in [0.5, 0.6) is 0 Å². The van der Waals surface area contributed by atoms with Crippen molar-refractivity contribution in [3.63, 3.8) is 0 Å². The van der Waals surface area contributed by atoms with Gasteiger partial charge in [-0.25, -0.2) is 4.39 Å².